The Labute approximate surface area is 196 Å². The minimum Gasteiger partial charge on any atom is -0.490 e. The van der Waals surface area contributed by atoms with Crippen LogP contribution in [0.25, 0.3) is 11.5 Å². The molecule has 0 radical (unpaired) electrons. The van der Waals surface area contributed by atoms with Gasteiger partial charge in [-0.1, -0.05) is 6.07 Å². The van der Waals surface area contributed by atoms with Gasteiger partial charge >= 0.3 is 0 Å². The lowest BCUT2D eigenvalue weighted by atomic mass is 10.2. The minimum absolute atomic E-state index is 0. The van der Waals surface area contributed by atoms with E-state index in [0.717, 1.165) is 12.1 Å². The molecule has 7 nitrogen and oxygen atoms in total. The Bertz CT molecular complexity index is 1110. The number of nitrogens with one attached hydrogen (secondary N) is 1. The van der Waals surface area contributed by atoms with Gasteiger partial charge < -0.3 is 24.9 Å². The third-order valence-corrected chi connectivity index (χ3v) is 4.53. The van der Waals surface area contributed by atoms with Gasteiger partial charge in [0, 0.05) is 23.7 Å². The van der Waals surface area contributed by atoms with E-state index in [9.17, 15) is 13.6 Å². The maximum absolute atomic E-state index is 13.9. The predicted molar refractivity (Wildman–Crippen MR) is 122 cm³/mol. The first kappa shape index (κ1) is 26.1. The molecule has 0 unspecified atom stereocenters. The molecular weight excluding hydrogens is 456 g/mol. The molecule has 10 heteroatoms. The Kier molecular flexibility index (Phi) is 9.19. The highest BCUT2D eigenvalue weighted by atomic mass is 35.5. The van der Waals surface area contributed by atoms with E-state index in [1.165, 1.54) is 6.07 Å². The van der Waals surface area contributed by atoms with Crippen molar-refractivity contribution in [2.75, 3.05) is 13.2 Å². The van der Waals surface area contributed by atoms with Crippen molar-refractivity contribution in [3.8, 4) is 23.0 Å². The summed E-state index contributed by atoms with van der Waals surface area (Å²) in [6.07, 6.45) is 0. The molecule has 3 rings (SSSR count). The Morgan fingerprint density at radius 3 is 2.45 bits per heavy atom. The number of hydrogen-bond donors (Lipinski definition) is 2. The zero-order chi connectivity index (χ0) is 23.3. The first-order chi connectivity index (χ1) is 15.3. The summed E-state index contributed by atoms with van der Waals surface area (Å²) in [5.41, 5.74) is 6.67. The van der Waals surface area contributed by atoms with E-state index in [1.54, 1.807) is 25.1 Å². The fraction of sp³-hybridized carbons (Fsp3) is 0.304. The van der Waals surface area contributed by atoms with Crippen LogP contribution < -0.4 is 20.5 Å². The summed E-state index contributed by atoms with van der Waals surface area (Å²) in [7, 11) is 0. The largest absolute Gasteiger partial charge is 0.490 e. The molecule has 178 valence electrons. The number of carbonyl (C=O) groups is 1. The molecule has 0 saturated heterocycles. The molecule has 0 aliphatic rings. The van der Waals surface area contributed by atoms with E-state index in [0.29, 0.717) is 30.3 Å². The first-order valence-corrected chi connectivity index (χ1v) is 10.2. The van der Waals surface area contributed by atoms with Crippen molar-refractivity contribution in [3.05, 3.63) is 65.1 Å². The summed E-state index contributed by atoms with van der Waals surface area (Å²) in [5.74, 6) is -0.576. The van der Waals surface area contributed by atoms with Crippen LogP contribution in [-0.4, -0.2) is 24.1 Å². The predicted octanol–water partition coefficient (Wildman–Crippen LogP) is 4.79. The molecule has 0 aliphatic heterocycles. The van der Waals surface area contributed by atoms with Crippen molar-refractivity contribution >= 4 is 18.3 Å². The topological polar surface area (TPSA) is 99.6 Å². The van der Waals surface area contributed by atoms with E-state index in [2.05, 4.69) is 10.3 Å². The Hall–Kier alpha value is -3.17. The smallest absolute Gasteiger partial charge is 0.273 e. The van der Waals surface area contributed by atoms with E-state index in [-0.39, 0.29) is 41.9 Å². The third kappa shape index (κ3) is 6.21. The molecule has 3 aromatic rings. The SMILES string of the molecule is CCOc1ccc(-c2nc(C(=O)NCc3ccc(F)cc3F)c([C@H](C)N)o2)cc1OCC.Cl. The monoisotopic (exact) mass is 481 g/mol. The van der Waals surface area contributed by atoms with Crippen LogP contribution in [-0.2, 0) is 6.54 Å². The lowest BCUT2D eigenvalue weighted by molar-refractivity contribution is 0.0943. The molecule has 0 bridgehead atoms. The fourth-order valence-electron chi connectivity index (χ4n) is 3.04. The number of hydrogen-bond acceptors (Lipinski definition) is 6. The summed E-state index contributed by atoms with van der Waals surface area (Å²) >= 11 is 0. The van der Waals surface area contributed by atoms with Crippen LogP contribution in [0.3, 0.4) is 0 Å². The maximum atomic E-state index is 13.9. The van der Waals surface area contributed by atoms with Gasteiger partial charge in [-0.05, 0) is 45.0 Å². The maximum Gasteiger partial charge on any atom is 0.273 e. The van der Waals surface area contributed by atoms with Crippen molar-refractivity contribution < 1.29 is 27.5 Å². The molecule has 1 amide bonds. The van der Waals surface area contributed by atoms with Gasteiger partial charge in [0.25, 0.3) is 5.91 Å². The van der Waals surface area contributed by atoms with Gasteiger partial charge in [-0.2, -0.15) is 0 Å². The quantitative estimate of drug-likeness (QED) is 0.456. The molecule has 0 spiro atoms. The standard InChI is InChI=1S/C23H25F2N3O4.ClH/c1-4-30-18-9-7-14(10-19(18)31-5-2)23-28-20(21(32-23)13(3)26)22(29)27-12-15-6-8-16(24)11-17(15)25;/h6-11,13H,4-5,12,26H2,1-3H3,(H,27,29);1H/t13-;/m0./s1. The van der Waals surface area contributed by atoms with E-state index in [4.69, 9.17) is 19.6 Å². The van der Waals surface area contributed by atoms with Gasteiger partial charge in [-0.15, -0.1) is 12.4 Å². The average molecular weight is 482 g/mol. The Morgan fingerprint density at radius 1 is 1.12 bits per heavy atom. The van der Waals surface area contributed by atoms with Crippen LogP contribution in [0, 0.1) is 11.6 Å². The van der Waals surface area contributed by atoms with Crippen LogP contribution >= 0.6 is 12.4 Å². The van der Waals surface area contributed by atoms with Gasteiger partial charge in [-0.3, -0.25) is 4.79 Å². The molecule has 33 heavy (non-hydrogen) atoms. The zero-order valence-electron chi connectivity index (χ0n) is 18.5. The number of benzene rings is 2. The number of oxazole rings is 1. The molecule has 1 atom stereocenters. The van der Waals surface area contributed by atoms with Crippen molar-refractivity contribution in [1.29, 1.82) is 0 Å². The van der Waals surface area contributed by atoms with Gasteiger partial charge in [-0.25, -0.2) is 13.8 Å². The Morgan fingerprint density at radius 2 is 1.82 bits per heavy atom. The van der Waals surface area contributed by atoms with Crippen LogP contribution in [0.1, 0.15) is 48.6 Å². The van der Waals surface area contributed by atoms with Crippen molar-refractivity contribution in [1.82, 2.24) is 10.3 Å². The van der Waals surface area contributed by atoms with Crippen LogP contribution in [0.5, 0.6) is 11.5 Å². The second kappa shape index (κ2) is 11.6. The molecule has 1 aromatic heterocycles. The Balaban J connectivity index is 0.00000385. The highest BCUT2D eigenvalue weighted by molar-refractivity contribution is 5.94. The molecule has 1 heterocycles. The van der Waals surface area contributed by atoms with Gasteiger partial charge in [0.1, 0.15) is 11.6 Å². The number of rotatable bonds is 9. The summed E-state index contributed by atoms with van der Waals surface area (Å²) in [5, 5.41) is 2.57. The lowest BCUT2D eigenvalue weighted by Crippen LogP contribution is -2.25. The molecule has 0 saturated carbocycles. The fourth-order valence-corrected chi connectivity index (χ4v) is 3.04. The normalized spacial score (nSPS) is 11.5. The van der Waals surface area contributed by atoms with Crippen LogP contribution in [0.2, 0.25) is 0 Å². The first-order valence-electron chi connectivity index (χ1n) is 10.2. The molecule has 0 aliphatic carbocycles. The second-order valence-corrected chi connectivity index (χ2v) is 6.97. The summed E-state index contributed by atoms with van der Waals surface area (Å²) in [6.45, 7) is 6.15. The van der Waals surface area contributed by atoms with Crippen molar-refractivity contribution in [2.24, 2.45) is 5.73 Å². The number of amides is 1. The van der Waals surface area contributed by atoms with Gasteiger partial charge in [0.05, 0.1) is 19.3 Å². The molecule has 2 aromatic carbocycles. The highest BCUT2D eigenvalue weighted by Crippen LogP contribution is 2.34. The third-order valence-electron chi connectivity index (χ3n) is 4.53. The lowest BCUT2D eigenvalue weighted by Gasteiger charge is -2.11. The second-order valence-electron chi connectivity index (χ2n) is 6.97. The number of nitrogens with two attached hydrogens (primary N) is 1. The highest BCUT2D eigenvalue weighted by Gasteiger charge is 2.24. The van der Waals surface area contributed by atoms with E-state index in [1.807, 2.05) is 13.8 Å². The van der Waals surface area contributed by atoms with Gasteiger partial charge in [0.15, 0.2) is 23.0 Å². The van der Waals surface area contributed by atoms with E-state index < -0.39 is 23.6 Å². The van der Waals surface area contributed by atoms with Crippen molar-refractivity contribution in [2.45, 2.75) is 33.4 Å². The van der Waals surface area contributed by atoms with Crippen LogP contribution in [0.4, 0.5) is 8.78 Å². The molecular formula is C23H26ClF2N3O4. The van der Waals surface area contributed by atoms with E-state index >= 15 is 0 Å². The number of halogens is 3. The number of aromatic nitrogens is 1. The van der Waals surface area contributed by atoms with Gasteiger partial charge in [0.2, 0.25) is 5.89 Å². The molecule has 0 fully saturated rings. The van der Waals surface area contributed by atoms with Crippen LogP contribution in [0.15, 0.2) is 40.8 Å². The summed E-state index contributed by atoms with van der Waals surface area (Å²) in [4.78, 5) is 17.1. The molecule has 3 N–H and O–H groups in total. The number of nitrogens with zero attached hydrogens (tertiary/aromatic N) is 1. The minimum atomic E-state index is -0.753. The summed E-state index contributed by atoms with van der Waals surface area (Å²) < 4.78 is 43.9. The number of carbonyl (C=O) groups excluding carboxylic acids is 1. The average Bonchev–Trinajstić information content (AvgIpc) is 3.20. The number of ether oxygens (including phenoxy) is 2. The summed E-state index contributed by atoms with van der Waals surface area (Å²) in [6, 6.07) is 7.70. The zero-order valence-corrected chi connectivity index (χ0v) is 19.3. The van der Waals surface area contributed by atoms with Crippen molar-refractivity contribution in [3.63, 3.8) is 0 Å².